The molecule has 2 amide bonds. The molecular formula is C24H21ClN4O5. The van der Waals surface area contributed by atoms with Crippen LogP contribution in [0, 0.1) is 0 Å². The number of rotatable bonds is 8. The fraction of sp³-hybridized carbons (Fsp3) is 0.208. The highest BCUT2D eigenvalue weighted by atomic mass is 35.5. The number of esters is 1. The third kappa shape index (κ3) is 5.32. The van der Waals surface area contributed by atoms with Gasteiger partial charge in [-0.2, -0.15) is 0 Å². The zero-order chi connectivity index (χ0) is 24.1. The second kappa shape index (κ2) is 9.88. The molecule has 10 heteroatoms. The Kier molecular flexibility index (Phi) is 6.74. The molecule has 0 aliphatic heterocycles. The molecule has 0 bridgehead atoms. The summed E-state index contributed by atoms with van der Waals surface area (Å²) < 4.78 is 10.5. The molecule has 0 radical (unpaired) electrons. The van der Waals surface area contributed by atoms with E-state index < -0.39 is 11.5 Å². The van der Waals surface area contributed by atoms with E-state index in [2.05, 4.69) is 20.6 Å². The van der Waals surface area contributed by atoms with Gasteiger partial charge in [0, 0.05) is 18.9 Å². The van der Waals surface area contributed by atoms with E-state index in [1.165, 1.54) is 31.9 Å². The van der Waals surface area contributed by atoms with E-state index in [1.54, 1.807) is 36.4 Å². The summed E-state index contributed by atoms with van der Waals surface area (Å²) in [6.45, 7) is 0.282. The van der Waals surface area contributed by atoms with Gasteiger partial charge in [-0.1, -0.05) is 23.7 Å². The number of methoxy groups -OCH3 is 1. The summed E-state index contributed by atoms with van der Waals surface area (Å²) in [5.74, 6) is -0.292. The lowest BCUT2D eigenvalue weighted by Crippen LogP contribution is -2.48. The Hall–Kier alpha value is -3.98. The highest BCUT2D eigenvalue weighted by Crippen LogP contribution is 2.36. The maximum absolute atomic E-state index is 12.7. The Morgan fingerprint density at radius 1 is 1.03 bits per heavy atom. The molecular weight excluding hydrogens is 460 g/mol. The van der Waals surface area contributed by atoms with E-state index >= 15 is 0 Å². The van der Waals surface area contributed by atoms with Crippen molar-refractivity contribution in [1.29, 1.82) is 0 Å². The molecule has 0 saturated heterocycles. The Bertz CT molecular complexity index is 1210. The molecule has 2 aromatic carbocycles. The number of benzene rings is 2. The first-order valence-electron chi connectivity index (χ1n) is 10.4. The Labute approximate surface area is 200 Å². The lowest BCUT2D eigenvalue weighted by molar-refractivity contribution is -0.124. The molecule has 0 unspecified atom stereocenters. The molecule has 4 rings (SSSR count). The highest BCUT2D eigenvalue weighted by Gasteiger charge is 2.51. The summed E-state index contributed by atoms with van der Waals surface area (Å²) >= 11 is 6.17. The maximum atomic E-state index is 12.7. The van der Waals surface area contributed by atoms with Crippen molar-refractivity contribution in [3.8, 4) is 11.5 Å². The molecule has 3 aromatic rings. The topological polar surface area (TPSA) is 120 Å². The first-order chi connectivity index (χ1) is 16.4. The smallest absolute Gasteiger partial charge is 0.337 e. The summed E-state index contributed by atoms with van der Waals surface area (Å²) in [6.07, 6.45) is 5.27. The van der Waals surface area contributed by atoms with Crippen molar-refractivity contribution in [3.05, 3.63) is 82.9 Å². The van der Waals surface area contributed by atoms with Crippen molar-refractivity contribution in [2.75, 3.05) is 7.11 Å². The number of ether oxygens (including phenoxy) is 2. The molecule has 1 fully saturated rings. The number of halogens is 1. The lowest BCUT2D eigenvalue weighted by atomic mass is 10.2. The second-order valence-corrected chi connectivity index (χ2v) is 8.14. The molecule has 174 valence electrons. The SMILES string of the molecule is COC(=O)c1ccc(Cl)c(Oc2ccc(CNC(=O)C3(NC(=O)c4cncnc4)CC3)cc2)c1. The number of amides is 2. The van der Waals surface area contributed by atoms with Crippen LogP contribution in [0.4, 0.5) is 0 Å². The van der Waals surface area contributed by atoms with E-state index in [1.807, 2.05) is 0 Å². The number of nitrogens with zero attached hydrogens (tertiary/aromatic N) is 2. The molecule has 1 aromatic heterocycles. The number of aromatic nitrogens is 2. The number of hydrogen-bond acceptors (Lipinski definition) is 7. The quantitative estimate of drug-likeness (QED) is 0.475. The predicted octanol–water partition coefficient (Wildman–Crippen LogP) is 3.29. The molecule has 1 heterocycles. The van der Waals surface area contributed by atoms with Crippen LogP contribution >= 0.6 is 11.6 Å². The van der Waals surface area contributed by atoms with Crippen LogP contribution < -0.4 is 15.4 Å². The van der Waals surface area contributed by atoms with Crippen molar-refractivity contribution in [2.45, 2.75) is 24.9 Å². The zero-order valence-corrected chi connectivity index (χ0v) is 19.0. The highest BCUT2D eigenvalue weighted by molar-refractivity contribution is 6.32. The van der Waals surface area contributed by atoms with Crippen LogP contribution in [-0.2, 0) is 16.1 Å². The summed E-state index contributed by atoms with van der Waals surface area (Å²) in [5.41, 5.74) is 0.558. The summed E-state index contributed by atoms with van der Waals surface area (Å²) in [5, 5.41) is 6.00. The molecule has 0 atom stereocenters. The molecule has 1 saturated carbocycles. The van der Waals surface area contributed by atoms with Crippen LogP contribution in [0.15, 0.2) is 61.2 Å². The number of carbonyl (C=O) groups is 3. The van der Waals surface area contributed by atoms with Crippen LogP contribution in [0.3, 0.4) is 0 Å². The van der Waals surface area contributed by atoms with Crippen molar-refractivity contribution in [3.63, 3.8) is 0 Å². The number of hydrogen-bond donors (Lipinski definition) is 2. The van der Waals surface area contributed by atoms with Gasteiger partial charge in [0.25, 0.3) is 5.91 Å². The van der Waals surface area contributed by atoms with E-state index in [4.69, 9.17) is 21.1 Å². The first-order valence-corrected chi connectivity index (χ1v) is 10.8. The zero-order valence-electron chi connectivity index (χ0n) is 18.2. The minimum absolute atomic E-state index is 0.246. The van der Waals surface area contributed by atoms with Gasteiger partial charge in [-0.15, -0.1) is 0 Å². The van der Waals surface area contributed by atoms with Crippen LogP contribution in [0.2, 0.25) is 5.02 Å². The van der Waals surface area contributed by atoms with Gasteiger partial charge in [-0.3, -0.25) is 9.59 Å². The Balaban J connectivity index is 1.33. The molecule has 2 N–H and O–H groups in total. The molecule has 9 nitrogen and oxygen atoms in total. The Morgan fingerprint density at radius 2 is 1.74 bits per heavy atom. The van der Waals surface area contributed by atoms with Crippen LogP contribution in [-0.4, -0.2) is 40.4 Å². The van der Waals surface area contributed by atoms with Crippen molar-refractivity contribution >= 4 is 29.4 Å². The summed E-state index contributed by atoms with van der Waals surface area (Å²) in [7, 11) is 1.30. The van der Waals surface area contributed by atoms with Crippen LogP contribution in [0.5, 0.6) is 11.5 Å². The van der Waals surface area contributed by atoms with E-state index in [9.17, 15) is 14.4 Å². The average molecular weight is 481 g/mol. The van der Waals surface area contributed by atoms with Gasteiger partial charge in [-0.25, -0.2) is 14.8 Å². The minimum Gasteiger partial charge on any atom is -0.465 e. The van der Waals surface area contributed by atoms with Crippen molar-refractivity contribution in [1.82, 2.24) is 20.6 Å². The molecule has 0 spiro atoms. The van der Waals surface area contributed by atoms with Crippen molar-refractivity contribution < 1.29 is 23.9 Å². The third-order valence-electron chi connectivity index (χ3n) is 5.32. The Morgan fingerprint density at radius 3 is 2.38 bits per heavy atom. The van der Waals surface area contributed by atoms with Crippen molar-refractivity contribution in [2.24, 2.45) is 0 Å². The van der Waals surface area contributed by atoms with E-state index in [0.717, 1.165) is 5.56 Å². The number of nitrogens with one attached hydrogen (secondary N) is 2. The number of carbonyl (C=O) groups excluding carboxylic acids is 3. The molecule has 1 aliphatic rings. The van der Waals surface area contributed by atoms with Gasteiger partial charge in [0.15, 0.2) is 0 Å². The molecule has 1 aliphatic carbocycles. The summed E-state index contributed by atoms with van der Waals surface area (Å²) in [6, 6.07) is 11.7. The standard InChI is InChI=1S/C24H21ClN4O5/c1-33-22(31)16-4-7-19(25)20(10-16)34-18-5-2-15(3-6-18)11-28-23(32)24(8-9-24)29-21(30)17-12-26-14-27-13-17/h2-7,10,12-14H,8-9,11H2,1H3,(H,28,32)(H,29,30). The van der Waals surface area contributed by atoms with Gasteiger partial charge in [0.05, 0.1) is 23.3 Å². The second-order valence-electron chi connectivity index (χ2n) is 7.73. The van der Waals surface area contributed by atoms with Gasteiger partial charge >= 0.3 is 5.97 Å². The van der Waals surface area contributed by atoms with Crippen LogP contribution in [0.1, 0.15) is 39.1 Å². The monoisotopic (exact) mass is 480 g/mol. The largest absolute Gasteiger partial charge is 0.465 e. The van der Waals surface area contributed by atoms with Gasteiger partial charge < -0.3 is 20.1 Å². The van der Waals surface area contributed by atoms with Gasteiger partial charge in [0.2, 0.25) is 5.91 Å². The predicted molar refractivity (Wildman–Crippen MR) is 123 cm³/mol. The molecule has 34 heavy (non-hydrogen) atoms. The third-order valence-corrected chi connectivity index (χ3v) is 5.63. The lowest BCUT2D eigenvalue weighted by Gasteiger charge is -2.17. The first kappa shape index (κ1) is 23.2. The van der Waals surface area contributed by atoms with E-state index in [0.29, 0.717) is 40.5 Å². The van der Waals surface area contributed by atoms with Gasteiger partial charge in [-0.05, 0) is 48.7 Å². The minimum atomic E-state index is -0.905. The average Bonchev–Trinajstić information content (AvgIpc) is 3.65. The normalized spacial score (nSPS) is 13.5. The maximum Gasteiger partial charge on any atom is 0.337 e. The van der Waals surface area contributed by atoms with E-state index in [-0.39, 0.29) is 18.4 Å². The fourth-order valence-corrected chi connectivity index (χ4v) is 3.38. The van der Waals surface area contributed by atoms with Gasteiger partial charge in [0.1, 0.15) is 23.4 Å². The van der Waals surface area contributed by atoms with Crippen LogP contribution in [0.25, 0.3) is 0 Å². The fourth-order valence-electron chi connectivity index (χ4n) is 3.22. The summed E-state index contributed by atoms with van der Waals surface area (Å²) in [4.78, 5) is 44.4.